The van der Waals surface area contributed by atoms with Crippen LogP contribution in [0.15, 0.2) is 46.9 Å². The average molecular weight is 467 g/mol. The van der Waals surface area contributed by atoms with Gasteiger partial charge in [0, 0.05) is 38.6 Å². The zero-order chi connectivity index (χ0) is 23.9. The molecule has 2 heterocycles. The molecule has 34 heavy (non-hydrogen) atoms. The Bertz CT molecular complexity index is 1130. The second-order valence-electron chi connectivity index (χ2n) is 8.51. The maximum absolute atomic E-state index is 12.4. The molecule has 0 radical (unpaired) electrons. The Labute approximate surface area is 198 Å². The van der Waals surface area contributed by atoms with Gasteiger partial charge in [-0.15, -0.1) is 0 Å². The first-order valence-electron chi connectivity index (χ1n) is 11.5. The number of hydrogen-bond donors (Lipinski definition) is 0. The molecule has 0 N–H and O–H groups in total. The van der Waals surface area contributed by atoms with Crippen molar-refractivity contribution in [1.29, 1.82) is 0 Å². The molecule has 0 bridgehead atoms. The molecule has 2 aromatic carbocycles. The molecule has 0 saturated carbocycles. The fraction of sp³-hybridized carbons (Fsp3) is 0.423. The minimum atomic E-state index is -0.337. The summed E-state index contributed by atoms with van der Waals surface area (Å²) in [6, 6.07) is 14.3. The van der Waals surface area contributed by atoms with Crippen molar-refractivity contribution in [3.8, 4) is 11.5 Å². The normalized spacial score (nSPS) is 14.4. The Morgan fingerprint density at radius 1 is 1.09 bits per heavy atom. The number of aryl methyl sites for hydroxylation is 1. The molecule has 1 aromatic heterocycles. The van der Waals surface area contributed by atoms with E-state index in [-0.39, 0.29) is 31.4 Å². The lowest BCUT2D eigenvalue weighted by Crippen LogP contribution is -2.39. The fourth-order valence-electron chi connectivity index (χ4n) is 4.17. The summed E-state index contributed by atoms with van der Waals surface area (Å²) < 4.78 is 21.0. The highest BCUT2D eigenvalue weighted by Crippen LogP contribution is 2.26. The second kappa shape index (κ2) is 11.2. The quantitative estimate of drug-likeness (QED) is 0.350. The minimum absolute atomic E-state index is 0.0290. The van der Waals surface area contributed by atoms with E-state index in [1.54, 1.807) is 4.90 Å². The molecule has 1 saturated heterocycles. The number of nitrogens with zero attached hydrogens (tertiary/aromatic N) is 2. The number of likely N-dealkylation sites (tertiary alicyclic amines) is 1. The second-order valence-corrected chi connectivity index (χ2v) is 8.51. The zero-order valence-corrected chi connectivity index (χ0v) is 19.6. The van der Waals surface area contributed by atoms with Crippen LogP contribution >= 0.6 is 0 Å². The van der Waals surface area contributed by atoms with Crippen molar-refractivity contribution in [3.05, 3.63) is 53.9 Å². The third kappa shape index (κ3) is 5.94. The van der Waals surface area contributed by atoms with Crippen molar-refractivity contribution >= 4 is 22.8 Å². The van der Waals surface area contributed by atoms with Crippen LogP contribution in [0, 0.1) is 12.8 Å². The summed E-state index contributed by atoms with van der Waals surface area (Å²) in [5.74, 6) is 1.23. The monoisotopic (exact) mass is 466 g/mol. The number of fused-ring (bicyclic) bond motifs is 1. The number of rotatable bonds is 8. The van der Waals surface area contributed by atoms with E-state index in [9.17, 15) is 9.59 Å². The summed E-state index contributed by atoms with van der Waals surface area (Å²) >= 11 is 0. The van der Waals surface area contributed by atoms with Crippen molar-refractivity contribution in [2.45, 2.75) is 32.6 Å². The number of piperidine rings is 1. The van der Waals surface area contributed by atoms with E-state index < -0.39 is 0 Å². The maximum atomic E-state index is 12.4. The van der Waals surface area contributed by atoms with Crippen LogP contribution in [-0.4, -0.2) is 55.5 Å². The summed E-state index contributed by atoms with van der Waals surface area (Å²) in [5, 5.41) is 2.29. The molecule has 1 aliphatic rings. The first-order chi connectivity index (χ1) is 16.5. The minimum Gasteiger partial charge on any atom is -0.449 e. The standard InChI is InChI=1S/C26H30N2O6/c1-18-23(27-25(34-18)22-8-7-20-5-3-4-6-21(20)16-22)11-14-32-26(30)28-12-9-19(10-13-28)15-24(29)33-17-31-2/h3-8,16,19H,9-15,17H2,1-2H3. The highest BCUT2D eigenvalue weighted by molar-refractivity contribution is 5.86. The Kier molecular flexibility index (Phi) is 7.80. The number of methoxy groups -OCH3 is 1. The van der Waals surface area contributed by atoms with Gasteiger partial charge in [-0.3, -0.25) is 4.79 Å². The summed E-state index contributed by atoms with van der Waals surface area (Å²) in [7, 11) is 1.48. The summed E-state index contributed by atoms with van der Waals surface area (Å²) in [6.45, 7) is 3.20. The molecule has 180 valence electrons. The van der Waals surface area contributed by atoms with Gasteiger partial charge in [-0.25, -0.2) is 9.78 Å². The average Bonchev–Trinajstić information content (AvgIpc) is 3.23. The number of benzene rings is 2. The van der Waals surface area contributed by atoms with Crippen LogP contribution in [0.3, 0.4) is 0 Å². The number of carbonyl (C=O) groups is 2. The number of hydrogen-bond acceptors (Lipinski definition) is 7. The van der Waals surface area contributed by atoms with Crippen LogP contribution in [-0.2, 0) is 25.4 Å². The lowest BCUT2D eigenvalue weighted by Gasteiger charge is -2.30. The molecule has 1 amide bonds. The molecule has 1 fully saturated rings. The van der Waals surface area contributed by atoms with Gasteiger partial charge in [0.25, 0.3) is 0 Å². The van der Waals surface area contributed by atoms with Crippen molar-refractivity contribution < 1.29 is 28.2 Å². The van der Waals surface area contributed by atoms with Gasteiger partial charge in [0.2, 0.25) is 5.89 Å². The Morgan fingerprint density at radius 3 is 2.62 bits per heavy atom. The van der Waals surface area contributed by atoms with Gasteiger partial charge in [0.1, 0.15) is 5.76 Å². The van der Waals surface area contributed by atoms with E-state index in [1.807, 2.05) is 25.1 Å². The highest BCUT2D eigenvalue weighted by Gasteiger charge is 2.26. The molecular formula is C26H30N2O6. The van der Waals surface area contributed by atoms with Gasteiger partial charge in [0.05, 0.1) is 12.3 Å². The molecule has 8 heteroatoms. The first-order valence-corrected chi connectivity index (χ1v) is 11.5. The highest BCUT2D eigenvalue weighted by atomic mass is 16.7. The summed E-state index contributed by atoms with van der Waals surface area (Å²) in [5.41, 5.74) is 1.70. The molecule has 0 atom stereocenters. The zero-order valence-electron chi connectivity index (χ0n) is 19.6. The van der Waals surface area contributed by atoms with E-state index >= 15 is 0 Å². The maximum Gasteiger partial charge on any atom is 0.409 e. The molecule has 0 spiro atoms. The number of oxazole rings is 1. The van der Waals surface area contributed by atoms with Crippen molar-refractivity contribution in [2.75, 3.05) is 33.6 Å². The van der Waals surface area contributed by atoms with E-state index in [0.29, 0.717) is 31.8 Å². The molecule has 3 aromatic rings. The summed E-state index contributed by atoms with van der Waals surface area (Å²) in [6.07, 6.45) is 1.98. The van der Waals surface area contributed by atoms with E-state index in [2.05, 4.69) is 29.2 Å². The number of ether oxygens (including phenoxy) is 3. The van der Waals surface area contributed by atoms with Gasteiger partial charge in [-0.1, -0.05) is 30.3 Å². The topological polar surface area (TPSA) is 91.1 Å². The third-order valence-electron chi connectivity index (χ3n) is 6.12. The van der Waals surface area contributed by atoms with Gasteiger partial charge in [0.15, 0.2) is 6.79 Å². The van der Waals surface area contributed by atoms with Crippen LogP contribution < -0.4 is 0 Å². The molecule has 0 aliphatic carbocycles. The smallest absolute Gasteiger partial charge is 0.409 e. The number of aromatic nitrogens is 1. The van der Waals surface area contributed by atoms with Gasteiger partial charge in [-0.2, -0.15) is 0 Å². The molecule has 8 nitrogen and oxygen atoms in total. The van der Waals surface area contributed by atoms with Crippen molar-refractivity contribution in [1.82, 2.24) is 9.88 Å². The predicted octanol–water partition coefficient (Wildman–Crippen LogP) is 4.73. The Hall–Kier alpha value is -3.39. The number of esters is 1. The Balaban J connectivity index is 1.24. The van der Waals surface area contributed by atoms with Crippen LogP contribution in [0.2, 0.25) is 0 Å². The van der Waals surface area contributed by atoms with Crippen LogP contribution in [0.4, 0.5) is 4.79 Å². The van der Waals surface area contributed by atoms with Gasteiger partial charge >= 0.3 is 12.1 Å². The number of amides is 1. The molecule has 4 rings (SSSR count). The molecule has 1 aliphatic heterocycles. The van der Waals surface area contributed by atoms with E-state index in [4.69, 9.17) is 18.6 Å². The fourth-order valence-corrected chi connectivity index (χ4v) is 4.17. The van der Waals surface area contributed by atoms with Crippen LogP contribution in [0.5, 0.6) is 0 Å². The molecular weight excluding hydrogens is 436 g/mol. The molecule has 0 unspecified atom stereocenters. The first kappa shape index (κ1) is 23.8. The van der Waals surface area contributed by atoms with Crippen LogP contribution in [0.25, 0.3) is 22.2 Å². The van der Waals surface area contributed by atoms with Crippen LogP contribution in [0.1, 0.15) is 30.7 Å². The van der Waals surface area contributed by atoms with Crippen molar-refractivity contribution in [2.24, 2.45) is 5.92 Å². The lowest BCUT2D eigenvalue weighted by molar-refractivity contribution is -0.155. The largest absolute Gasteiger partial charge is 0.449 e. The Morgan fingerprint density at radius 2 is 1.85 bits per heavy atom. The predicted molar refractivity (Wildman–Crippen MR) is 126 cm³/mol. The SMILES string of the molecule is COCOC(=O)CC1CCN(C(=O)OCCc2nc(-c3ccc4ccccc4c3)oc2C)CC1. The van der Waals surface area contributed by atoms with Gasteiger partial charge < -0.3 is 23.5 Å². The van der Waals surface area contributed by atoms with E-state index in [1.165, 1.54) is 7.11 Å². The third-order valence-corrected chi connectivity index (χ3v) is 6.12. The summed E-state index contributed by atoms with van der Waals surface area (Å²) in [4.78, 5) is 30.5. The van der Waals surface area contributed by atoms with Crippen molar-refractivity contribution in [3.63, 3.8) is 0 Å². The lowest BCUT2D eigenvalue weighted by atomic mass is 9.94. The number of carbonyl (C=O) groups excluding carboxylic acids is 2. The van der Waals surface area contributed by atoms with Gasteiger partial charge in [-0.05, 0) is 48.6 Å². The van der Waals surface area contributed by atoms with E-state index in [0.717, 1.165) is 40.6 Å².